The third-order valence-corrected chi connectivity index (χ3v) is 5.19. The standard InChI is InChI=1S/C16H31NO/c1-5-10-17-14-11-15(16(14,3)4)18-13-9-7-6-8-12(13)2/h12-15,17H,5-11H2,1-4H3. The molecule has 0 radical (unpaired) electrons. The first-order chi connectivity index (χ1) is 8.55. The molecule has 2 aliphatic rings. The Morgan fingerprint density at radius 3 is 2.56 bits per heavy atom. The minimum absolute atomic E-state index is 0.312. The highest BCUT2D eigenvalue weighted by Crippen LogP contribution is 2.44. The van der Waals surface area contributed by atoms with Crippen molar-refractivity contribution in [2.24, 2.45) is 11.3 Å². The van der Waals surface area contributed by atoms with Crippen molar-refractivity contribution in [3.8, 4) is 0 Å². The Hall–Kier alpha value is -0.0800. The van der Waals surface area contributed by atoms with Crippen molar-refractivity contribution in [2.75, 3.05) is 6.54 Å². The summed E-state index contributed by atoms with van der Waals surface area (Å²) in [5, 5.41) is 3.66. The van der Waals surface area contributed by atoms with Gasteiger partial charge in [0.1, 0.15) is 0 Å². The van der Waals surface area contributed by atoms with E-state index in [1.165, 1.54) is 38.5 Å². The van der Waals surface area contributed by atoms with E-state index in [-0.39, 0.29) is 0 Å². The summed E-state index contributed by atoms with van der Waals surface area (Å²) in [5.74, 6) is 0.761. The summed E-state index contributed by atoms with van der Waals surface area (Å²) < 4.78 is 6.42. The van der Waals surface area contributed by atoms with Gasteiger partial charge in [-0.25, -0.2) is 0 Å². The fourth-order valence-electron chi connectivity index (χ4n) is 3.48. The molecular formula is C16H31NO. The number of rotatable bonds is 5. The predicted octanol–water partition coefficient (Wildman–Crippen LogP) is 3.75. The third-order valence-electron chi connectivity index (χ3n) is 5.19. The van der Waals surface area contributed by atoms with Crippen molar-refractivity contribution in [1.29, 1.82) is 0 Å². The van der Waals surface area contributed by atoms with E-state index >= 15 is 0 Å². The van der Waals surface area contributed by atoms with Crippen molar-refractivity contribution in [1.82, 2.24) is 5.32 Å². The van der Waals surface area contributed by atoms with Gasteiger partial charge in [0.25, 0.3) is 0 Å². The smallest absolute Gasteiger partial charge is 0.0659 e. The molecule has 2 heteroatoms. The summed E-state index contributed by atoms with van der Waals surface area (Å²) in [5.41, 5.74) is 0.312. The van der Waals surface area contributed by atoms with Crippen LogP contribution in [0.25, 0.3) is 0 Å². The highest BCUT2D eigenvalue weighted by Gasteiger charge is 2.49. The van der Waals surface area contributed by atoms with Gasteiger partial charge in [0.05, 0.1) is 12.2 Å². The van der Waals surface area contributed by atoms with Crippen LogP contribution in [-0.4, -0.2) is 24.8 Å². The number of ether oxygens (including phenoxy) is 1. The number of hydrogen-bond donors (Lipinski definition) is 1. The fraction of sp³-hybridized carbons (Fsp3) is 1.00. The van der Waals surface area contributed by atoms with Crippen LogP contribution in [0.15, 0.2) is 0 Å². The van der Waals surface area contributed by atoms with Gasteiger partial charge in [0.15, 0.2) is 0 Å². The van der Waals surface area contributed by atoms with Crippen molar-refractivity contribution < 1.29 is 4.74 Å². The van der Waals surface area contributed by atoms with Gasteiger partial charge in [-0.1, -0.05) is 40.5 Å². The highest BCUT2D eigenvalue weighted by atomic mass is 16.5. The van der Waals surface area contributed by atoms with E-state index in [0.29, 0.717) is 23.7 Å². The van der Waals surface area contributed by atoms with Crippen molar-refractivity contribution in [3.63, 3.8) is 0 Å². The lowest BCUT2D eigenvalue weighted by molar-refractivity contribution is -0.165. The Balaban J connectivity index is 1.81. The Kier molecular flexibility index (Phi) is 4.71. The van der Waals surface area contributed by atoms with Crippen molar-refractivity contribution >= 4 is 0 Å². The molecule has 2 aliphatic carbocycles. The molecule has 0 spiro atoms. The lowest BCUT2D eigenvalue weighted by Crippen LogP contribution is -2.62. The summed E-state index contributed by atoms with van der Waals surface area (Å²) in [4.78, 5) is 0. The molecule has 0 amide bonds. The van der Waals surface area contributed by atoms with E-state index in [1.54, 1.807) is 0 Å². The molecule has 106 valence electrons. The molecule has 0 aromatic carbocycles. The quantitative estimate of drug-likeness (QED) is 0.805. The van der Waals surface area contributed by atoms with Crippen LogP contribution in [-0.2, 0) is 4.74 Å². The minimum Gasteiger partial charge on any atom is -0.374 e. The number of nitrogens with one attached hydrogen (secondary N) is 1. The lowest BCUT2D eigenvalue weighted by atomic mass is 9.64. The molecule has 18 heavy (non-hydrogen) atoms. The molecule has 0 aromatic rings. The summed E-state index contributed by atoms with van der Waals surface area (Å²) in [6, 6.07) is 0.654. The zero-order valence-corrected chi connectivity index (χ0v) is 12.7. The van der Waals surface area contributed by atoms with Crippen LogP contribution in [0.5, 0.6) is 0 Å². The molecule has 2 fully saturated rings. The molecule has 0 heterocycles. The summed E-state index contributed by atoms with van der Waals surface area (Å²) in [7, 11) is 0. The maximum Gasteiger partial charge on any atom is 0.0659 e. The van der Waals surface area contributed by atoms with Gasteiger partial charge >= 0.3 is 0 Å². The van der Waals surface area contributed by atoms with Gasteiger partial charge in [-0.15, -0.1) is 0 Å². The van der Waals surface area contributed by atoms with Gasteiger partial charge < -0.3 is 10.1 Å². The molecule has 0 aromatic heterocycles. The van der Waals surface area contributed by atoms with Gasteiger partial charge in [-0.2, -0.15) is 0 Å². The van der Waals surface area contributed by atoms with Crippen LogP contribution in [0.3, 0.4) is 0 Å². The average Bonchev–Trinajstić information content (AvgIpc) is 2.35. The first-order valence-electron chi connectivity index (χ1n) is 7.94. The van der Waals surface area contributed by atoms with Crippen LogP contribution in [0.2, 0.25) is 0 Å². The summed E-state index contributed by atoms with van der Waals surface area (Å²) >= 11 is 0. The molecule has 0 aliphatic heterocycles. The van der Waals surface area contributed by atoms with Gasteiger partial charge in [-0.3, -0.25) is 0 Å². The van der Waals surface area contributed by atoms with Crippen molar-refractivity contribution in [3.05, 3.63) is 0 Å². The zero-order valence-electron chi connectivity index (χ0n) is 12.7. The van der Waals surface area contributed by atoms with Crippen LogP contribution in [0, 0.1) is 11.3 Å². The Bertz CT molecular complexity index is 264. The average molecular weight is 253 g/mol. The molecule has 0 saturated heterocycles. The van der Waals surface area contributed by atoms with Crippen LogP contribution in [0.1, 0.15) is 66.2 Å². The maximum absolute atomic E-state index is 6.42. The van der Waals surface area contributed by atoms with E-state index in [2.05, 4.69) is 33.0 Å². The number of hydrogen-bond acceptors (Lipinski definition) is 2. The Labute approximate surface area is 113 Å². The second-order valence-electron chi connectivity index (χ2n) is 6.99. The molecule has 1 N–H and O–H groups in total. The van der Waals surface area contributed by atoms with Gasteiger partial charge in [0, 0.05) is 11.5 Å². The second-order valence-corrected chi connectivity index (χ2v) is 6.99. The molecule has 2 saturated carbocycles. The van der Waals surface area contributed by atoms with Crippen molar-refractivity contribution in [2.45, 2.75) is 84.5 Å². The Morgan fingerprint density at radius 2 is 1.94 bits per heavy atom. The summed E-state index contributed by atoms with van der Waals surface area (Å²) in [6.45, 7) is 10.5. The lowest BCUT2D eigenvalue weighted by Gasteiger charge is -2.53. The molecule has 4 atom stereocenters. The highest BCUT2D eigenvalue weighted by molar-refractivity contribution is 5.03. The molecule has 2 rings (SSSR count). The zero-order chi connectivity index (χ0) is 13.2. The minimum atomic E-state index is 0.312. The van der Waals surface area contributed by atoms with E-state index in [9.17, 15) is 0 Å². The van der Waals surface area contributed by atoms with Gasteiger partial charge in [0.2, 0.25) is 0 Å². The largest absolute Gasteiger partial charge is 0.374 e. The van der Waals surface area contributed by atoms with Crippen LogP contribution < -0.4 is 5.32 Å². The summed E-state index contributed by atoms with van der Waals surface area (Å²) in [6.07, 6.45) is 8.81. The fourth-order valence-corrected chi connectivity index (χ4v) is 3.48. The van der Waals surface area contributed by atoms with Gasteiger partial charge in [-0.05, 0) is 38.1 Å². The monoisotopic (exact) mass is 253 g/mol. The molecular weight excluding hydrogens is 222 g/mol. The topological polar surface area (TPSA) is 21.3 Å². The predicted molar refractivity (Wildman–Crippen MR) is 76.8 cm³/mol. The normalized spacial score (nSPS) is 39.3. The van der Waals surface area contributed by atoms with Crippen LogP contribution in [0.4, 0.5) is 0 Å². The maximum atomic E-state index is 6.42. The SMILES string of the molecule is CCCNC1CC(OC2CCCCC2C)C1(C)C. The Morgan fingerprint density at radius 1 is 1.22 bits per heavy atom. The second kappa shape index (κ2) is 5.92. The molecule has 4 unspecified atom stereocenters. The van der Waals surface area contributed by atoms with E-state index in [4.69, 9.17) is 4.74 Å². The van der Waals surface area contributed by atoms with E-state index in [0.717, 1.165) is 12.5 Å². The van der Waals surface area contributed by atoms with Crippen LogP contribution >= 0.6 is 0 Å². The van der Waals surface area contributed by atoms with E-state index < -0.39 is 0 Å². The first kappa shape index (κ1) is 14.3. The molecule has 2 nitrogen and oxygen atoms in total. The third kappa shape index (κ3) is 2.91. The molecule has 0 bridgehead atoms. The van der Waals surface area contributed by atoms with E-state index in [1.807, 2.05) is 0 Å². The first-order valence-corrected chi connectivity index (χ1v) is 7.94.